The van der Waals surface area contributed by atoms with E-state index < -0.39 is 23.2 Å². The van der Waals surface area contributed by atoms with Crippen LogP contribution in [0, 0.1) is 11.8 Å². The van der Waals surface area contributed by atoms with Crippen molar-refractivity contribution in [3.63, 3.8) is 0 Å². The second kappa shape index (κ2) is 6.39. The van der Waals surface area contributed by atoms with Crippen LogP contribution in [0.15, 0.2) is 72.8 Å². The molecule has 0 N–H and O–H groups in total. The molecule has 158 valence electrons. The summed E-state index contributed by atoms with van der Waals surface area (Å²) in [5.41, 5.74) is 4.35. The minimum absolute atomic E-state index is 0.160. The lowest BCUT2D eigenvalue weighted by Crippen LogP contribution is -2.51. The molecular weight excluding hydrogens is 402 g/mol. The summed E-state index contributed by atoms with van der Waals surface area (Å²) in [6.07, 6.45) is 0. The summed E-state index contributed by atoms with van der Waals surface area (Å²) < 4.78 is 5.19. The maximum absolute atomic E-state index is 13.9. The van der Waals surface area contributed by atoms with Crippen molar-refractivity contribution in [2.24, 2.45) is 11.8 Å². The van der Waals surface area contributed by atoms with Crippen molar-refractivity contribution in [1.82, 2.24) is 0 Å². The number of esters is 1. The van der Waals surface area contributed by atoms with E-state index in [1.165, 1.54) is 11.8 Å². The molecule has 1 fully saturated rings. The fraction of sp³-hybridized carbons (Fsp3) is 0.222. The van der Waals surface area contributed by atoms with Crippen LogP contribution in [0.4, 0.5) is 5.69 Å². The molecule has 7 rings (SSSR count). The van der Waals surface area contributed by atoms with Gasteiger partial charge in [0.1, 0.15) is 5.75 Å². The number of carbonyl (C=O) groups excluding carboxylic acids is 3. The quantitative estimate of drug-likeness (QED) is 0.352. The van der Waals surface area contributed by atoms with E-state index in [0.29, 0.717) is 11.4 Å². The lowest BCUT2D eigenvalue weighted by molar-refractivity contribution is -0.132. The summed E-state index contributed by atoms with van der Waals surface area (Å²) in [4.78, 5) is 40.4. The third-order valence-corrected chi connectivity index (χ3v) is 7.38. The minimum Gasteiger partial charge on any atom is -0.427 e. The molecule has 0 unspecified atom stereocenters. The highest BCUT2D eigenvalue weighted by Gasteiger charge is 2.66. The van der Waals surface area contributed by atoms with E-state index in [1.54, 1.807) is 24.3 Å². The Morgan fingerprint density at radius 2 is 1.50 bits per heavy atom. The maximum atomic E-state index is 13.9. The van der Waals surface area contributed by atoms with Crippen LogP contribution in [0.5, 0.6) is 5.75 Å². The molecule has 1 heterocycles. The molecule has 3 aromatic carbocycles. The number of hydrogen-bond acceptors (Lipinski definition) is 4. The minimum atomic E-state index is -0.596. The van der Waals surface area contributed by atoms with Crippen molar-refractivity contribution in [3.8, 4) is 5.75 Å². The fourth-order valence-corrected chi connectivity index (χ4v) is 6.26. The largest absolute Gasteiger partial charge is 0.427 e. The van der Waals surface area contributed by atoms with Gasteiger partial charge in [-0.05, 0) is 34.4 Å². The summed E-state index contributed by atoms with van der Waals surface area (Å²) in [6.45, 7) is 3.42. The first-order chi connectivity index (χ1) is 15.4. The zero-order valence-electron chi connectivity index (χ0n) is 17.7. The SMILES string of the molecule is CC(=O)Oc1cccc(N2C(=O)[C@@H]3C4c5ccccc5C(C)(c5ccccc54)[C@@H]3C2=O)c1. The molecule has 3 aromatic rings. The molecule has 3 aliphatic carbocycles. The van der Waals surface area contributed by atoms with E-state index in [-0.39, 0.29) is 17.7 Å². The van der Waals surface area contributed by atoms with Crippen molar-refractivity contribution >= 4 is 23.5 Å². The summed E-state index contributed by atoms with van der Waals surface area (Å²) in [5, 5.41) is 0. The average Bonchev–Trinajstić information content (AvgIpc) is 3.05. The molecule has 1 saturated heterocycles. The highest BCUT2D eigenvalue weighted by Crippen LogP contribution is 2.64. The summed E-state index contributed by atoms with van der Waals surface area (Å²) in [7, 11) is 0. The second-order valence-electron chi connectivity index (χ2n) is 8.96. The zero-order valence-corrected chi connectivity index (χ0v) is 17.7. The Morgan fingerprint density at radius 1 is 0.875 bits per heavy atom. The van der Waals surface area contributed by atoms with E-state index in [1.807, 2.05) is 24.3 Å². The Kier molecular flexibility index (Phi) is 3.79. The Bertz CT molecular complexity index is 1280. The van der Waals surface area contributed by atoms with Crippen LogP contribution < -0.4 is 9.64 Å². The Labute approximate surface area is 185 Å². The van der Waals surface area contributed by atoms with Crippen molar-refractivity contribution in [2.45, 2.75) is 25.2 Å². The number of ether oxygens (including phenoxy) is 1. The third-order valence-electron chi connectivity index (χ3n) is 7.38. The molecule has 0 saturated carbocycles. The lowest BCUT2D eigenvalue weighted by atomic mass is 9.48. The van der Waals surface area contributed by atoms with Gasteiger partial charge in [-0.3, -0.25) is 14.4 Å². The van der Waals surface area contributed by atoms with Gasteiger partial charge in [-0.1, -0.05) is 61.5 Å². The average molecular weight is 423 g/mol. The number of imide groups is 1. The highest BCUT2D eigenvalue weighted by atomic mass is 16.5. The van der Waals surface area contributed by atoms with Crippen LogP contribution in [-0.4, -0.2) is 17.8 Å². The number of amides is 2. The number of hydrogen-bond donors (Lipinski definition) is 0. The van der Waals surface area contributed by atoms with E-state index in [9.17, 15) is 14.4 Å². The van der Waals surface area contributed by atoms with Crippen LogP contribution in [0.2, 0.25) is 0 Å². The number of carbonyl (C=O) groups is 3. The smallest absolute Gasteiger partial charge is 0.308 e. The van der Waals surface area contributed by atoms with Gasteiger partial charge in [-0.2, -0.15) is 0 Å². The van der Waals surface area contributed by atoms with Gasteiger partial charge in [0.25, 0.3) is 0 Å². The van der Waals surface area contributed by atoms with Crippen molar-refractivity contribution < 1.29 is 19.1 Å². The van der Waals surface area contributed by atoms with Gasteiger partial charge in [0.15, 0.2) is 0 Å². The normalized spacial score (nSPS) is 27.1. The van der Waals surface area contributed by atoms with Gasteiger partial charge >= 0.3 is 5.97 Å². The number of nitrogens with zero attached hydrogens (tertiary/aromatic N) is 1. The Balaban J connectivity index is 1.54. The first-order valence-corrected chi connectivity index (χ1v) is 10.8. The molecule has 0 radical (unpaired) electrons. The Morgan fingerprint density at radius 3 is 2.12 bits per heavy atom. The van der Waals surface area contributed by atoms with Crippen LogP contribution >= 0.6 is 0 Å². The summed E-state index contributed by atoms with van der Waals surface area (Å²) in [6, 6.07) is 23.0. The summed E-state index contributed by atoms with van der Waals surface area (Å²) in [5.74, 6) is -1.64. The van der Waals surface area contributed by atoms with E-state index >= 15 is 0 Å². The number of rotatable bonds is 2. The van der Waals surface area contributed by atoms with Gasteiger partial charge in [0, 0.05) is 24.3 Å². The predicted molar refractivity (Wildman–Crippen MR) is 118 cm³/mol. The molecule has 1 aliphatic heterocycles. The maximum Gasteiger partial charge on any atom is 0.308 e. The van der Waals surface area contributed by atoms with Gasteiger partial charge < -0.3 is 4.74 Å². The molecule has 5 heteroatoms. The second-order valence-corrected chi connectivity index (χ2v) is 8.96. The number of benzene rings is 3. The standard InChI is InChI=1S/C27H21NO4/c1-15(29)32-17-9-7-8-16(14-17)28-25(30)23-22-18-10-3-5-12-20(18)27(2,24(23)26(28)31)21-13-6-4-11-19(21)22/h3-14,22-24H,1-2H3/t22?,23-,24+,27?/m1/s1. The molecule has 0 spiro atoms. The molecule has 2 amide bonds. The molecule has 2 bridgehead atoms. The van der Waals surface area contributed by atoms with Gasteiger partial charge in [0.2, 0.25) is 11.8 Å². The van der Waals surface area contributed by atoms with E-state index in [0.717, 1.165) is 22.3 Å². The monoisotopic (exact) mass is 423 g/mol. The van der Waals surface area contributed by atoms with Crippen molar-refractivity contribution in [2.75, 3.05) is 4.90 Å². The molecule has 4 aliphatic rings. The molecule has 0 aromatic heterocycles. The summed E-state index contributed by atoms with van der Waals surface area (Å²) >= 11 is 0. The Hall–Kier alpha value is -3.73. The van der Waals surface area contributed by atoms with Gasteiger partial charge in [0.05, 0.1) is 17.5 Å². The van der Waals surface area contributed by atoms with Gasteiger partial charge in [-0.25, -0.2) is 4.90 Å². The lowest BCUT2D eigenvalue weighted by Gasteiger charge is -2.52. The fourth-order valence-electron chi connectivity index (χ4n) is 6.26. The van der Waals surface area contributed by atoms with Gasteiger partial charge in [-0.15, -0.1) is 0 Å². The molecular formula is C27H21NO4. The topological polar surface area (TPSA) is 63.7 Å². The highest BCUT2D eigenvalue weighted by molar-refractivity contribution is 6.23. The third kappa shape index (κ3) is 2.25. The van der Waals surface area contributed by atoms with Crippen LogP contribution in [0.25, 0.3) is 0 Å². The van der Waals surface area contributed by atoms with E-state index in [4.69, 9.17) is 4.74 Å². The van der Waals surface area contributed by atoms with Crippen LogP contribution in [0.3, 0.4) is 0 Å². The van der Waals surface area contributed by atoms with Crippen molar-refractivity contribution in [1.29, 1.82) is 0 Å². The predicted octanol–water partition coefficient (Wildman–Crippen LogP) is 4.18. The molecule has 32 heavy (non-hydrogen) atoms. The first-order valence-electron chi connectivity index (χ1n) is 10.8. The molecule has 2 atom stereocenters. The zero-order chi connectivity index (χ0) is 22.2. The number of anilines is 1. The van der Waals surface area contributed by atoms with Crippen LogP contribution in [-0.2, 0) is 19.8 Å². The van der Waals surface area contributed by atoms with E-state index in [2.05, 4.69) is 31.2 Å². The van der Waals surface area contributed by atoms with Crippen LogP contribution in [0.1, 0.15) is 42.0 Å². The molecule has 5 nitrogen and oxygen atoms in total. The van der Waals surface area contributed by atoms with Crippen molar-refractivity contribution in [3.05, 3.63) is 95.1 Å². The first kappa shape index (κ1) is 19.0.